The molecule has 6 nitrogen and oxygen atoms in total. The van der Waals surface area contributed by atoms with Crippen LogP contribution in [0.25, 0.3) is 22.6 Å². The van der Waals surface area contributed by atoms with Gasteiger partial charge in [0.15, 0.2) is 0 Å². The van der Waals surface area contributed by atoms with Crippen molar-refractivity contribution in [3.63, 3.8) is 0 Å². The zero-order valence-corrected chi connectivity index (χ0v) is 13.4. The zero-order valence-electron chi connectivity index (χ0n) is 11.2. The number of nitrogens with one attached hydrogen (secondary N) is 1. The van der Waals surface area contributed by atoms with E-state index in [2.05, 4.69) is 15.0 Å². The van der Waals surface area contributed by atoms with Gasteiger partial charge in [-0.3, -0.25) is 0 Å². The first-order valence-corrected chi connectivity index (χ1v) is 7.45. The summed E-state index contributed by atoms with van der Waals surface area (Å²) in [5.41, 5.74) is 8.35. The third-order valence-electron chi connectivity index (χ3n) is 3.15. The standard InChI is InChI=1S/C15H11IN4O2/c16-11-10(14(21)22)12(8-4-2-1-3-5-8)20-13(11)9-6-7-18-15(17)19-9/h1-7,20H,(H,21,22)(H2,17,18,19). The number of nitrogens with zero attached hydrogens (tertiary/aromatic N) is 2. The van der Waals surface area contributed by atoms with Gasteiger partial charge in [-0.1, -0.05) is 30.3 Å². The van der Waals surface area contributed by atoms with Gasteiger partial charge in [0.05, 0.1) is 26.2 Å². The number of carbonyl (C=O) groups is 1. The Bertz CT molecular complexity index is 846. The number of hydrogen-bond donors (Lipinski definition) is 3. The van der Waals surface area contributed by atoms with Crippen molar-refractivity contribution >= 4 is 34.5 Å². The molecule has 0 radical (unpaired) electrons. The topological polar surface area (TPSA) is 105 Å². The maximum absolute atomic E-state index is 11.6. The molecule has 0 unspecified atom stereocenters. The minimum Gasteiger partial charge on any atom is -0.478 e. The van der Waals surface area contributed by atoms with E-state index in [1.807, 2.05) is 52.9 Å². The number of nitrogen functional groups attached to an aromatic ring is 1. The monoisotopic (exact) mass is 406 g/mol. The number of aromatic amines is 1. The van der Waals surface area contributed by atoms with Gasteiger partial charge in [0.1, 0.15) is 0 Å². The van der Waals surface area contributed by atoms with Crippen LogP contribution in [0.4, 0.5) is 5.95 Å². The average Bonchev–Trinajstić information content (AvgIpc) is 2.86. The second-order valence-corrected chi connectivity index (χ2v) is 5.61. The first kappa shape index (κ1) is 14.5. The van der Waals surface area contributed by atoms with Crippen LogP contribution in [0.5, 0.6) is 0 Å². The van der Waals surface area contributed by atoms with Crippen LogP contribution in [0.2, 0.25) is 0 Å². The number of carboxylic acids is 1. The van der Waals surface area contributed by atoms with E-state index in [1.54, 1.807) is 6.07 Å². The number of aromatic carboxylic acids is 1. The predicted octanol–water partition coefficient (Wildman–Crippen LogP) is 3.02. The molecule has 0 amide bonds. The van der Waals surface area contributed by atoms with Gasteiger partial charge >= 0.3 is 5.97 Å². The number of rotatable bonds is 3. The summed E-state index contributed by atoms with van der Waals surface area (Å²) in [6.07, 6.45) is 1.54. The van der Waals surface area contributed by atoms with Crippen molar-refractivity contribution < 1.29 is 9.90 Å². The fourth-order valence-corrected chi connectivity index (χ4v) is 3.10. The molecule has 0 aliphatic carbocycles. The van der Waals surface area contributed by atoms with E-state index in [4.69, 9.17) is 5.73 Å². The van der Waals surface area contributed by atoms with E-state index in [0.29, 0.717) is 20.7 Å². The lowest BCUT2D eigenvalue weighted by Crippen LogP contribution is -1.99. The predicted molar refractivity (Wildman–Crippen MR) is 91.3 cm³/mol. The Morgan fingerprint density at radius 2 is 1.91 bits per heavy atom. The zero-order chi connectivity index (χ0) is 15.7. The van der Waals surface area contributed by atoms with Crippen LogP contribution in [-0.4, -0.2) is 26.0 Å². The van der Waals surface area contributed by atoms with Crippen LogP contribution in [0.15, 0.2) is 42.6 Å². The second kappa shape index (κ2) is 5.76. The lowest BCUT2D eigenvalue weighted by Gasteiger charge is -2.00. The molecule has 0 aliphatic heterocycles. The van der Waals surface area contributed by atoms with Crippen molar-refractivity contribution in [2.75, 3.05) is 5.73 Å². The van der Waals surface area contributed by atoms with Gasteiger partial charge in [-0.25, -0.2) is 14.8 Å². The summed E-state index contributed by atoms with van der Waals surface area (Å²) in [6.45, 7) is 0. The molecule has 4 N–H and O–H groups in total. The second-order valence-electron chi connectivity index (χ2n) is 4.54. The number of anilines is 1. The number of nitrogens with two attached hydrogens (primary N) is 1. The summed E-state index contributed by atoms with van der Waals surface area (Å²) in [5, 5.41) is 9.54. The van der Waals surface area contributed by atoms with Crippen LogP contribution in [-0.2, 0) is 0 Å². The van der Waals surface area contributed by atoms with Crippen molar-refractivity contribution in [3.8, 4) is 22.6 Å². The van der Waals surface area contributed by atoms with E-state index in [1.165, 1.54) is 6.20 Å². The van der Waals surface area contributed by atoms with Crippen LogP contribution < -0.4 is 5.73 Å². The molecule has 0 bridgehead atoms. The Balaban J connectivity index is 2.24. The Morgan fingerprint density at radius 3 is 2.55 bits per heavy atom. The SMILES string of the molecule is Nc1nccc(-c2[nH]c(-c3ccccc3)c(C(=O)O)c2I)n1. The van der Waals surface area contributed by atoms with Gasteiger partial charge in [-0.2, -0.15) is 0 Å². The maximum atomic E-state index is 11.6. The van der Waals surface area contributed by atoms with Crippen molar-refractivity contribution in [1.82, 2.24) is 15.0 Å². The highest BCUT2D eigenvalue weighted by molar-refractivity contribution is 14.1. The summed E-state index contributed by atoms with van der Waals surface area (Å²) in [4.78, 5) is 22.8. The molecule has 3 rings (SSSR count). The van der Waals surface area contributed by atoms with E-state index in [0.717, 1.165) is 5.56 Å². The molecule has 110 valence electrons. The van der Waals surface area contributed by atoms with E-state index < -0.39 is 5.97 Å². The average molecular weight is 406 g/mol. The van der Waals surface area contributed by atoms with Crippen molar-refractivity contribution in [1.29, 1.82) is 0 Å². The lowest BCUT2D eigenvalue weighted by atomic mass is 10.1. The Labute approximate surface area is 139 Å². The summed E-state index contributed by atoms with van der Waals surface area (Å²) in [6, 6.07) is 11.0. The van der Waals surface area contributed by atoms with Crippen molar-refractivity contribution in [2.24, 2.45) is 0 Å². The third kappa shape index (κ3) is 2.54. The fraction of sp³-hybridized carbons (Fsp3) is 0. The quantitative estimate of drug-likeness (QED) is 0.580. The highest BCUT2D eigenvalue weighted by atomic mass is 127. The van der Waals surface area contributed by atoms with Crippen molar-refractivity contribution in [2.45, 2.75) is 0 Å². The molecule has 0 saturated heterocycles. The number of halogens is 1. The van der Waals surface area contributed by atoms with Gasteiger partial charge in [0.25, 0.3) is 0 Å². The van der Waals surface area contributed by atoms with E-state index in [9.17, 15) is 9.90 Å². The van der Waals surface area contributed by atoms with Crippen LogP contribution in [0.3, 0.4) is 0 Å². The van der Waals surface area contributed by atoms with Gasteiger partial charge in [-0.05, 0) is 34.2 Å². The third-order valence-corrected chi connectivity index (χ3v) is 4.22. The molecule has 7 heteroatoms. The molecule has 22 heavy (non-hydrogen) atoms. The smallest absolute Gasteiger partial charge is 0.339 e. The van der Waals surface area contributed by atoms with E-state index >= 15 is 0 Å². The lowest BCUT2D eigenvalue weighted by molar-refractivity contribution is 0.0697. The molecule has 0 saturated carbocycles. The molecular formula is C15H11IN4O2. The van der Waals surface area contributed by atoms with Crippen molar-refractivity contribution in [3.05, 3.63) is 51.7 Å². The number of benzene rings is 1. The summed E-state index contributed by atoms with van der Waals surface area (Å²) in [7, 11) is 0. The molecular weight excluding hydrogens is 395 g/mol. The van der Waals surface area contributed by atoms with Gasteiger partial charge < -0.3 is 15.8 Å². The largest absolute Gasteiger partial charge is 0.478 e. The van der Waals surface area contributed by atoms with Crippen LogP contribution in [0.1, 0.15) is 10.4 Å². The summed E-state index contributed by atoms with van der Waals surface area (Å²) < 4.78 is 0.585. The fourth-order valence-electron chi connectivity index (χ4n) is 2.19. The highest BCUT2D eigenvalue weighted by Gasteiger charge is 2.23. The number of hydrogen-bond acceptors (Lipinski definition) is 4. The summed E-state index contributed by atoms with van der Waals surface area (Å²) in [5.74, 6) is -0.853. The number of H-pyrrole nitrogens is 1. The molecule has 3 aromatic rings. The highest BCUT2D eigenvalue weighted by Crippen LogP contribution is 2.34. The van der Waals surface area contributed by atoms with Gasteiger partial charge in [-0.15, -0.1) is 0 Å². The summed E-state index contributed by atoms with van der Waals surface area (Å²) >= 11 is 2.01. The number of carboxylic acid groups (broad SMARTS) is 1. The molecule has 2 heterocycles. The normalized spacial score (nSPS) is 10.6. The van der Waals surface area contributed by atoms with E-state index in [-0.39, 0.29) is 11.5 Å². The molecule has 0 atom stereocenters. The Hall–Kier alpha value is -2.42. The molecule has 0 fully saturated rings. The Morgan fingerprint density at radius 1 is 1.18 bits per heavy atom. The van der Waals surface area contributed by atoms with Gasteiger partial charge in [0.2, 0.25) is 5.95 Å². The molecule has 0 spiro atoms. The first-order chi connectivity index (χ1) is 10.6. The van der Waals surface area contributed by atoms with Crippen LogP contribution in [0, 0.1) is 3.57 Å². The maximum Gasteiger partial charge on any atom is 0.339 e. The minimum atomic E-state index is -0.993. The molecule has 1 aromatic carbocycles. The number of aromatic nitrogens is 3. The first-order valence-electron chi connectivity index (χ1n) is 6.37. The van der Waals surface area contributed by atoms with Gasteiger partial charge in [0, 0.05) is 6.20 Å². The molecule has 2 aromatic heterocycles. The minimum absolute atomic E-state index is 0.140. The Kier molecular flexibility index (Phi) is 3.80. The van der Waals surface area contributed by atoms with Crippen LogP contribution >= 0.6 is 22.6 Å². The molecule has 0 aliphatic rings.